The van der Waals surface area contributed by atoms with Crippen molar-refractivity contribution in [2.45, 2.75) is 30.7 Å². The molecule has 36 heavy (non-hydrogen) atoms. The molecule has 0 spiro atoms. The molecule has 0 radical (unpaired) electrons. The molecule has 1 fully saturated rings. The molecule has 1 saturated heterocycles. The highest BCUT2D eigenvalue weighted by molar-refractivity contribution is 5.88. The second-order valence-corrected chi connectivity index (χ2v) is 7.97. The fourth-order valence-corrected chi connectivity index (χ4v) is 3.87. The van der Waals surface area contributed by atoms with Crippen LogP contribution < -0.4 is 19.6 Å². The fourth-order valence-electron chi connectivity index (χ4n) is 3.87. The van der Waals surface area contributed by atoms with E-state index in [9.17, 15) is 40.5 Å². The second-order valence-electron chi connectivity index (χ2n) is 7.97. The number of aliphatic hydroxyl groups is 4. The number of hydrogen-bond acceptors (Lipinski definition) is 13. The van der Waals surface area contributed by atoms with Crippen LogP contribution in [0.25, 0.3) is 22.3 Å². The van der Waals surface area contributed by atoms with E-state index in [2.05, 4.69) is 0 Å². The molecule has 1 unspecified atom stereocenters. The maximum absolute atomic E-state index is 13.5. The van der Waals surface area contributed by atoms with E-state index in [-0.39, 0.29) is 39.5 Å². The molecule has 7 N–H and O–H groups in total. The molecule has 2 aromatic carbocycles. The van der Waals surface area contributed by atoms with E-state index in [1.54, 1.807) is 0 Å². The normalized spacial score (nSPS) is 24.0. The van der Waals surface area contributed by atoms with Gasteiger partial charge in [0.1, 0.15) is 46.9 Å². The van der Waals surface area contributed by atoms with Crippen molar-refractivity contribution in [2.24, 2.45) is 0 Å². The molecule has 13 heteroatoms. The molecule has 1 aliphatic rings. The minimum Gasteiger partial charge on any atom is -0.508 e. The van der Waals surface area contributed by atoms with Gasteiger partial charge in [0.15, 0.2) is 17.3 Å². The van der Waals surface area contributed by atoms with Crippen LogP contribution in [0.1, 0.15) is 0 Å². The molecule has 3 aromatic rings. The number of aliphatic hydroxyl groups excluding tert-OH is 4. The van der Waals surface area contributed by atoms with Crippen LogP contribution in [0.2, 0.25) is 0 Å². The summed E-state index contributed by atoms with van der Waals surface area (Å²) in [4.78, 5) is 13.5. The van der Waals surface area contributed by atoms with Crippen LogP contribution in [0, 0.1) is 0 Å². The minimum atomic E-state index is -1.86. The minimum absolute atomic E-state index is 0.0651. The molecule has 1 aliphatic heterocycles. The lowest BCUT2D eigenvalue weighted by atomic mass is 9.99. The number of phenolic OH excluding ortho intramolecular Hbond substituents is 3. The maximum Gasteiger partial charge on any atom is 0.239 e. The van der Waals surface area contributed by atoms with Crippen molar-refractivity contribution >= 4 is 11.0 Å². The van der Waals surface area contributed by atoms with Gasteiger partial charge in [-0.1, -0.05) is 0 Å². The molecule has 5 atom stereocenters. The van der Waals surface area contributed by atoms with Gasteiger partial charge in [0.2, 0.25) is 23.2 Å². The summed E-state index contributed by atoms with van der Waals surface area (Å²) in [5, 5.41) is 70.1. The Hall–Kier alpha value is -3.75. The van der Waals surface area contributed by atoms with Crippen molar-refractivity contribution in [3.05, 3.63) is 34.5 Å². The van der Waals surface area contributed by atoms with Gasteiger partial charge in [0, 0.05) is 17.7 Å². The number of fused-ring (bicyclic) bond motifs is 1. The quantitative estimate of drug-likeness (QED) is 0.230. The summed E-state index contributed by atoms with van der Waals surface area (Å²) < 4.78 is 27.1. The summed E-state index contributed by atoms with van der Waals surface area (Å²) in [5.41, 5.74) is -1.12. The van der Waals surface area contributed by atoms with E-state index in [0.29, 0.717) is 0 Å². The lowest BCUT2D eigenvalue weighted by Gasteiger charge is -2.39. The first-order valence-electron chi connectivity index (χ1n) is 10.6. The predicted octanol–water partition coefficient (Wildman–Crippen LogP) is -0.227. The lowest BCUT2D eigenvalue weighted by molar-refractivity contribution is -0.277. The van der Waals surface area contributed by atoms with E-state index < -0.39 is 60.0 Å². The van der Waals surface area contributed by atoms with Crippen molar-refractivity contribution < 1.29 is 59.1 Å². The molecule has 0 amide bonds. The number of benzene rings is 2. The molecule has 0 bridgehead atoms. The van der Waals surface area contributed by atoms with Crippen LogP contribution in [0.15, 0.2) is 33.5 Å². The molecule has 194 valence electrons. The third-order valence-electron chi connectivity index (χ3n) is 5.74. The number of hydrogen-bond donors (Lipinski definition) is 7. The standard InChI is InChI=1S/C23H24O13/c1-32-12-3-8(4-13(33-2)16(12)27)21-22(18(29)15-10(26)5-9(25)6-11(15)34-21)36-23-20(31)19(30)17(28)14(7-24)35-23/h3-6,14,17,19-20,23-28,30-31H,7H2,1-2H3/t14-,17-,19+,20-,23?/m1/s1. The average molecular weight is 508 g/mol. The summed E-state index contributed by atoms with van der Waals surface area (Å²) in [6.07, 6.45) is -8.42. The van der Waals surface area contributed by atoms with Crippen molar-refractivity contribution in [3.63, 3.8) is 0 Å². The summed E-state index contributed by atoms with van der Waals surface area (Å²) >= 11 is 0. The van der Waals surface area contributed by atoms with Gasteiger partial charge in [-0.2, -0.15) is 0 Å². The molecule has 2 heterocycles. The number of ether oxygens (including phenoxy) is 4. The van der Waals surface area contributed by atoms with Crippen molar-refractivity contribution in [3.8, 4) is 45.8 Å². The zero-order chi connectivity index (χ0) is 26.3. The Morgan fingerprint density at radius 1 is 0.917 bits per heavy atom. The first-order valence-corrected chi connectivity index (χ1v) is 10.6. The average Bonchev–Trinajstić information content (AvgIpc) is 2.85. The topological polar surface area (TPSA) is 209 Å². The number of phenols is 3. The van der Waals surface area contributed by atoms with Crippen molar-refractivity contribution in [1.82, 2.24) is 0 Å². The SMILES string of the molecule is COc1cc(-c2oc3cc(O)cc(O)c3c(=O)c2OC2O[C@H](CO)[C@@H](O)[C@H](O)[C@H]2O)cc(OC)c1O. The van der Waals surface area contributed by atoms with E-state index >= 15 is 0 Å². The second kappa shape index (κ2) is 9.72. The van der Waals surface area contributed by atoms with Gasteiger partial charge < -0.3 is 59.1 Å². The number of rotatable bonds is 6. The van der Waals surface area contributed by atoms with Gasteiger partial charge >= 0.3 is 0 Å². The van der Waals surface area contributed by atoms with Crippen LogP contribution in [0.3, 0.4) is 0 Å². The number of aromatic hydroxyl groups is 3. The third kappa shape index (κ3) is 4.23. The molecular formula is C23H24O13. The highest BCUT2D eigenvalue weighted by Crippen LogP contribution is 2.43. The van der Waals surface area contributed by atoms with Gasteiger partial charge in [-0.3, -0.25) is 4.79 Å². The Morgan fingerprint density at radius 2 is 1.56 bits per heavy atom. The van der Waals surface area contributed by atoms with Gasteiger partial charge in [0.25, 0.3) is 0 Å². The van der Waals surface area contributed by atoms with Crippen LogP contribution >= 0.6 is 0 Å². The Labute approximate surface area is 202 Å². The van der Waals surface area contributed by atoms with Gasteiger partial charge in [-0.05, 0) is 12.1 Å². The fraction of sp³-hybridized carbons (Fsp3) is 0.348. The van der Waals surface area contributed by atoms with Gasteiger partial charge in [-0.15, -0.1) is 0 Å². The lowest BCUT2D eigenvalue weighted by Crippen LogP contribution is -2.60. The Kier molecular flexibility index (Phi) is 6.84. The first kappa shape index (κ1) is 25.3. The maximum atomic E-state index is 13.5. The molecule has 13 nitrogen and oxygen atoms in total. The van der Waals surface area contributed by atoms with Crippen LogP contribution in [0.4, 0.5) is 0 Å². The Bertz CT molecular complexity index is 1310. The van der Waals surface area contributed by atoms with Crippen LogP contribution in [-0.2, 0) is 4.74 Å². The molecule has 0 aliphatic carbocycles. The highest BCUT2D eigenvalue weighted by Gasteiger charge is 2.45. The Morgan fingerprint density at radius 3 is 2.14 bits per heavy atom. The summed E-state index contributed by atoms with van der Waals surface area (Å²) in [5.74, 6) is -2.44. The third-order valence-corrected chi connectivity index (χ3v) is 5.74. The van der Waals surface area contributed by atoms with Gasteiger partial charge in [0.05, 0.1) is 20.8 Å². The molecule has 1 aromatic heterocycles. The smallest absolute Gasteiger partial charge is 0.239 e. The van der Waals surface area contributed by atoms with Crippen molar-refractivity contribution in [2.75, 3.05) is 20.8 Å². The summed E-state index contributed by atoms with van der Waals surface area (Å²) in [6.45, 7) is -0.740. The van der Waals surface area contributed by atoms with E-state index in [1.807, 2.05) is 0 Å². The first-order chi connectivity index (χ1) is 17.1. The predicted molar refractivity (Wildman–Crippen MR) is 120 cm³/mol. The van der Waals surface area contributed by atoms with Crippen LogP contribution in [0.5, 0.6) is 34.5 Å². The molecule has 0 saturated carbocycles. The van der Waals surface area contributed by atoms with Crippen LogP contribution in [-0.4, -0.2) is 87.3 Å². The molecule has 4 rings (SSSR count). The van der Waals surface area contributed by atoms with E-state index in [0.717, 1.165) is 12.1 Å². The monoisotopic (exact) mass is 508 g/mol. The Balaban J connectivity index is 1.96. The largest absolute Gasteiger partial charge is 0.508 e. The zero-order valence-corrected chi connectivity index (χ0v) is 19.0. The van der Waals surface area contributed by atoms with E-state index in [1.165, 1.54) is 26.4 Å². The summed E-state index contributed by atoms with van der Waals surface area (Å²) in [6, 6.07) is 4.55. The zero-order valence-electron chi connectivity index (χ0n) is 19.0. The van der Waals surface area contributed by atoms with E-state index in [4.69, 9.17) is 23.4 Å². The molecular weight excluding hydrogens is 484 g/mol. The number of methoxy groups -OCH3 is 2. The summed E-state index contributed by atoms with van der Waals surface area (Å²) in [7, 11) is 2.55. The van der Waals surface area contributed by atoms with Crippen molar-refractivity contribution in [1.29, 1.82) is 0 Å². The highest BCUT2D eigenvalue weighted by atomic mass is 16.7. The van der Waals surface area contributed by atoms with Gasteiger partial charge in [-0.25, -0.2) is 0 Å².